The number of ether oxygens (including phenoxy) is 1. The van der Waals surface area contributed by atoms with E-state index in [2.05, 4.69) is 19.2 Å². The molecule has 344 valence electrons. The minimum absolute atomic E-state index is 0.151. The fourth-order valence-electron chi connectivity index (χ4n) is 7.14. The van der Waals surface area contributed by atoms with Crippen LogP contribution in [0.4, 0.5) is 0 Å². The topological polar surface area (TPSA) is 169 Å². The Bertz CT molecular complexity index is 1000. The van der Waals surface area contributed by atoms with Crippen LogP contribution in [0.2, 0.25) is 0 Å². The second-order valence-corrected chi connectivity index (χ2v) is 18.1. The van der Waals surface area contributed by atoms with E-state index in [1.807, 2.05) is 0 Å². The highest BCUT2D eigenvalue weighted by Crippen LogP contribution is 2.43. The maximum Gasteiger partial charge on any atom is 0.472 e. The van der Waals surface area contributed by atoms with Gasteiger partial charge in [0.15, 0.2) is 6.04 Å². The van der Waals surface area contributed by atoms with Crippen LogP contribution >= 0.6 is 7.82 Å². The highest BCUT2D eigenvalue weighted by Gasteiger charge is 2.28. The van der Waals surface area contributed by atoms with Crippen molar-refractivity contribution in [2.24, 2.45) is 0 Å². The zero-order chi connectivity index (χ0) is 42.8. The van der Waals surface area contributed by atoms with E-state index in [9.17, 15) is 34.1 Å². The summed E-state index contributed by atoms with van der Waals surface area (Å²) in [5.41, 5.74) is 0. The van der Waals surface area contributed by atoms with Gasteiger partial charge in [0.05, 0.1) is 13.2 Å². The van der Waals surface area contributed by atoms with Gasteiger partial charge in [0, 0.05) is 12.8 Å². The van der Waals surface area contributed by atoms with Crippen LogP contribution in [0.25, 0.3) is 0 Å². The Kier molecular flexibility index (Phi) is 41.1. The molecule has 12 heteroatoms. The zero-order valence-electron chi connectivity index (χ0n) is 37.4. The SMILES string of the molecule is CCCCCCCCCCCCCCCCCCCCCCCCCC(=O)OCC(O)COP(=O)(O)OCC(NC(=O)CCCCCCCCCCCCC)C(=O)O. The molecule has 1 amide bonds. The van der Waals surface area contributed by atoms with E-state index in [0.29, 0.717) is 12.8 Å². The van der Waals surface area contributed by atoms with Crippen molar-refractivity contribution in [3.63, 3.8) is 0 Å². The number of unbranched alkanes of at least 4 members (excludes halogenated alkanes) is 32. The number of aliphatic carboxylic acids is 1. The summed E-state index contributed by atoms with van der Waals surface area (Å²) >= 11 is 0. The van der Waals surface area contributed by atoms with Crippen molar-refractivity contribution in [1.29, 1.82) is 0 Å². The average molecular weight is 848 g/mol. The first-order chi connectivity index (χ1) is 28.1. The molecule has 0 radical (unpaired) electrons. The number of phosphoric acid groups is 1. The van der Waals surface area contributed by atoms with Crippen molar-refractivity contribution in [2.75, 3.05) is 19.8 Å². The van der Waals surface area contributed by atoms with Crippen LogP contribution in [0.5, 0.6) is 0 Å². The molecule has 0 bridgehead atoms. The number of esters is 1. The molecule has 0 aromatic carbocycles. The number of carboxylic acid groups (broad SMARTS) is 1. The number of hydrogen-bond donors (Lipinski definition) is 4. The zero-order valence-corrected chi connectivity index (χ0v) is 38.3. The summed E-state index contributed by atoms with van der Waals surface area (Å²) in [6.07, 6.45) is 41.4. The van der Waals surface area contributed by atoms with Crippen LogP contribution in [-0.4, -0.2) is 64.9 Å². The third kappa shape index (κ3) is 41.2. The number of amides is 1. The summed E-state index contributed by atoms with van der Waals surface area (Å²) in [7, 11) is -4.75. The van der Waals surface area contributed by atoms with Crippen LogP contribution < -0.4 is 5.32 Å². The highest BCUT2D eigenvalue weighted by atomic mass is 31.2. The number of aliphatic hydroxyl groups is 1. The molecule has 0 aliphatic heterocycles. The van der Waals surface area contributed by atoms with Gasteiger partial charge in [-0.05, 0) is 12.8 Å². The van der Waals surface area contributed by atoms with Gasteiger partial charge in [0.1, 0.15) is 12.7 Å². The Morgan fingerprint density at radius 2 is 0.793 bits per heavy atom. The number of phosphoric ester groups is 1. The van der Waals surface area contributed by atoms with Crippen molar-refractivity contribution >= 4 is 25.7 Å². The van der Waals surface area contributed by atoms with E-state index >= 15 is 0 Å². The number of rotatable bonds is 46. The molecule has 3 atom stereocenters. The standard InChI is InChI=1S/C46H90NO10P/c1-3-5-7-9-11-13-15-16-17-18-19-20-21-22-23-24-25-26-28-30-32-34-36-38-45(50)55-39-42(48)40-56-58(53,54)57-41-43(46(51)52)47-44(49)37-35-33-31-29-27-14-12-10-8-6-4-2/h42-43,48H,3-41H2,1-2H3,(H,47,49)(H,51,52)(H,53,54). The van der Waals surface area contributed by atoms with E-state index in [1.165, 1.54) is 167 Å². The van der Waals surface area contributed by atoms with Crippen LogP contribution in [0.3, 0.4) is 0 Å². The molecule has 0 rings (SSSR count). The Labute approximate surface area is 354 Å². The quantitative estimate of drug-likeness (QED) is 0.0263. The Balaban J connectivity index is 3.74. The van der Waals surface area contributed by atoms with Gasteiger partial charge in [-0.2, -0.15) is 0 Å². The van der Waals surface area contributed by atoms with Crippen LogP contribution in [-0.2, 0) is 32.7 Å². The summed E-state index contributed by atoms with van der Waals surface area (Å²) in [6, 6.07) is -1.54. The number of nitrogens with one attached hydrogen (secondary N) is 1. The normalized spacial score (nSPS) is 13.6. The van der Waals surface area contributed by atoms with Crippen molar-refractivity contribution in [2.45, 2.75) is 257 Å². The lowest BCUT2D eigenvalue weighted by Gasteiger charge is -2.18. The van der Waals surface area contributed by atoms with E-state index in [1.54, 1.807) is 0 Å². The first kappa shape index (κ1) is 56.5. The Morgan fingerprint density at radius 1 is 0.483 bits per heavy atom. The highest BCUT2D eigenvalue weighted by molar-refractivity contribution is 7.47. The summed E-state index contributed by atoms with van der Waals surface area (Å²) in [4.78, 5) is 45.9. The largest absolute Gasteiger partial charge is 0.480 e. The van der Waals surface area contributed by atoms with Crippen LogP contribution in [0.1, 0.15) is 245 Å². The molecule has 11 nitrogen and oxygen atoms in total. The van der Waals surface area contributed by atoms with Crippen LogP contribution in [0.15, 0.2) is 0 Å². The van der Waals surface area contributed by atoms with Gasteiger partial charge < -0.3 is 25.2 Å². The van der Waals surface area contributed by atoms with Crippen LogP contribution in [0, 0.1) is 0 Å². The van der Waals surface area contributed by atoms with Gasteiger partial charge in [-0.3, -0.25) is 18.6 Å². The number of carbonyl (C=O) groups is 3. The van der Waals surface area contributed by atoms with E-state index in [0.717, 1.165) is 38.5 Å². The molecule has 0 aliphatic carbocycles. The maximum absolute atomic E-state index is 12.3. The van der Waals surface area contributed by atoms with Crippen molar-refractivity contribution < 1.29 is 47.8 Å². The first-order valence-electron chi connectivity index (χ1n) is 24.1. The Hall–Kier alpha value is -1.52. The van der Waals surface area contributed by atoms with Crippen molar-refractivity contribution in [3.8, 4) is 0 Å². The first-order valence-corrected chi connectivity index (χ1v) is 25.6. The van der Waals surface area contributed by atoms with Crippen molar-refractivity contribution in [1.82, 2.24) is 5.32 Å². The molecule has 58 heavy (non-hydrogen) atoms. The molecule has 0 heterocycles. The average Bonchev–Trinajstić information content (AvgIpc) is 3.20. The fraction of sp³-hybridized carbons (Fsp3) is 0.935. The van der Waals surface area contributed by atoms with E-state index in [4.69, 9.17) is 13.8 Å². The van der Waals surface area contributed by atoms with E-state index in [-0.39, 0.29) is 12.8 Å². The third-order valence-electron chi connectivity index (χ3n) is 10.9. The van der Waals surface area contributed by atoms with Gasteiger partial charge in [-0.15, -0.1) is 0 Å². The lowest BCUT2D eigenvalue weighted by atomic mass is 10.0. The molecular formula is C46H90NO10P. The van der Waals surface area contributed by atoms with E-state index < -0.39 is 57.6 Å². The number of hydrogen-bond acceptors (Lipinski definition) is 8. The number of carbonyl (C=O) groups excluding carboxylic acids is 2. The minimum Gasteiger partial charge on any atom is -0.480 e. The second kappa shape index (κ2) is 42.2. The lowest BCUT2D eigenvalue weighted by molar-refractivity contribution is -0.147. The van der Waals surface area contributed by atoms with Gasteiger partial charge >= 0.3 is 19.8 Å². The fourth-order valence-corrected chi connectivity index (χ4v) is 7.91. The molecular weight excluding hydrogens is 757 g/mol. The smallest absolute Gasteiger partial charge is 0.472 e. The molecule has 0 aromatic rings. The van der Waals surface area contributed by atoms with Gasteiger partial charge in [0.25, 0.3) is 0 Å². The summed E-state index contributed by atoms with van der Waals surface area (Å²) in [6.45, 7) is 2.62. The Morgan fingerprint density at radius 3 is 1.14 bits per heavy atom. The molecule has 3 unspecified atom stereocenters. The van der Waals surface area contributed by atoms with Gasteiger partial charge in [0.2, 0.25) is 5.91 Å². The lowest BCUT2D eigenvalue weighted by Crippen LogP contribution is -2.43. The number of carboxylic acids is 1. The summed E-state index contributed by atoms with van der Waals surface area (Å²) in [5, 5.41) is 21.8. The summed E-state index contributed by atoms with van der Waals surface area (Å²) in [5.74, 6) is -2.35. The number of aliphatic hydroxyl groups excluding tert-OH is 1. The monoisotopic (exact) mass is 848 g/mol. The predicted octanol–water partition coefficient (Wildman–Crippen LogP) is 12.7. The van der Waals surface area contributed by atoms with Gasteiger partial charge in [-0.1, -0.05) is 219 Å². The third-order valence-corrected chi connectivity index (χ3v) is 11.8. The molecule has 4 N–H and O–H groups in total. The summed E-state index contributed by atoms with van der Waals surface area (Å²) < 4.78 is 26.9. The second-order valence-electron chi connectivity index (χ2n) is 16.7. The van der Waals surface area contributed by atoms with Gasteiger partial charge in [-0.25, -0.2) is 9.36 Å². The molecule has 0 saturated carbocycles. The molecule has 0 aromatic heterocycles. The molecule has 0 fully saturated rings. The van der Waals surface area contributed by atoms with Crippen molar-refractivity contribution in [3.05, 3.63) is 0 Å². The predicted molar refractivity (Wildman–Crippen MR) is 236 cm³/mol. The molecule has 0 aliphatic rings. The minimum atomic E-state index is -4.75. The maximum atomic E-state index is 12.3. The molecule has 0 spiro atoms. The molecule has 0 saturated heterocycles.